The lowest BCUT2D eigenvalue weighted by molar-refractivity contribution is 0.0775. The van der Waals surface area contributed by atoms with Gasteiger partial charge in [0.1, 0.15) is 0 Å². The monoisotopic (exact) mass is 421 g/mol. The highest BCUT2D eigenvalue weighted by molar-refractivity contribution is 5.56. The molecule has 1 fully saturated rings. The van der Waals surface area contributed by atoms with E-state index in [0.717, 1.165) is 63.7 Å². The molecule has 3 aromatic rings. The number of rotatable bonds is 6. The average molecular weight is 422 g/mol. The lowest BCUT2D eigenvalue weighted by atomic mass is 10.2. The predicted molar refractivity (Wildman–Crippen MR) is 115 cm³/mol. The quantitative estimate of drug-likeness (QED) is 0.584. The van der Waals surface area contributed by atoms with Gasteiger partial charge in [-0.2, -0.15) is 10.2 Å². The van der Waals surface area contributed by atoms with E-state index >= 15 is 0 Å². The molecule has 0 aliphatic carbocycles. The van der Waals surface area contributed by atoms with E-state index in [1.165, 1.54) is 11.3 Å². The summed E-state index contributed by atoms with van der Waals surface area (Å²) in [6.07, 6.45) is 5.49. The second kappa shape index (κ2) is 9.09. The topological polar surface area (TPSA) is 81.3 Å². The van der Waals surface area contributed by atoms with Crippen LogP contribution in [0.4, 0.5) is 0 Å². The lowest BCUT2D eigenvalue weighted by Crippen LogP contribution is -2.47. The maximum atomic E-state index is 12.3. The summed E-state index contributed by atoms with van der Waals surface area (Å²) in [4.78, 5) is 21.3. The molecule has 2 aliphatic rings. The van der Waals surface area contributed by atoms with Crippen molar-refractivity contribution < 1.29 is 4.74 Å². The fourth-order valence-electron chi connectivity index (χ4n) is 4.19. The third-order valence-electron chi connectivity index (χ3n) is 6.03. The molecule has 0 N–H and O–H groups in total. The Kier molecular flexibility index (Phi) is 5.88. The fourth-order valence-corrected chi connectivity index (χ4v) is 4.19. The van der Waals surface area contributed by atoms with Crippen molar-refractivity contribution in [3.8, 4) is 11.3 Å². The lowest BCUT2D eigenvalue weighted by Gasteiger charge is -2.34. The summed E-state index contributed by atoms with van der Waals surface area (Å²) in [5.41, 5.74) is 4.10. The Balaban J connectivity index is 1.15. The molecule has 0 spiro atoms. The first-order valence-corrected chi connectivity index (χ1v) is 10.8. The van der Waals surface area contributed by atoms with Crippen molar-refractivity contribution in [2.24, 2.45) is 0 Å². The summed E-state index contributed by atoms with van der Waals surface area (Å²) in [5, 5.41) is 9.03. The average Bonchev–Trinajstić information content (AvgIpc) is 3.23. The molecular formula is C22H27N7O2. The van der Waals surface area contributed by atoms with E-state index in [0.29, 0.717) is 13.2 Å². The SMILES string of the molecule is O=c1ccc(-c2cccnc2)nn1CCN1CCN(Cc2cnn3c2COCC3)CC1. The molecule has 5 rings (SSSR count). The minimum atomic E-state index is -0.0699. The Morgan fingerprint density at radius 3 is 2.68 bits per heavy atom. The molecular weight excluding hydrogens is 394 g/mol. The number of fused-ring (bicyclic) bond motifs is 1. The number of hydrogen-bond donors (Lipinski definition) is 0. The van der Waals surface area contributed by atoms with Gasteiger partial charge >= 0.3 is 0 Å². The molecule has 31 heavy (non-hydrogen) atoms. The zero-order chi connectivity index (χ0) is 21.0. The van der Waals surface area contributed by atoms with Gasteiger partial charge in [0.05, 0.1) is 43.9 Å². The molecule has 9 heteroatoms. The van der Waals surface area contributed by atoms with Crippen LogP contribution in [-0.2, 0) is 31.0 Å². The molecule has 0 aromatic carbocycles. The summed E-state index contributed by atoms with van der Waals surface area (Å²) < 4.78 is 9.23. The molecule has 5 heterocycles. The molecule has 1 saturated heterocycles. The molecule has 162 valence electrons. The van der Waals surface area contributed by atoms with E-state index < -0.39 is 0 Å². The standard InChI is InChI=1S/C22H27N7O2/c30-22-4-3-20(18-2-1-5-23-14-18)25-29(22)11-10-26-6-8-27(9-7-26)16-19-15-24-28-12-13-31-17-21(19)28/h1-5,14-15H,6-13,16-17H2. The number of pyridine rings is 1. The van der Waals surface area contributed by atoms with E-state index in [-0.39, 0.29) is 5.56 Å². The summed E-state index contributed by atoms with van der Waals surface area (Å²) >= 11 is 0. The van der Waals surface area contributed by atoms with Gasteiger partial charge in [-0.1, -0.05) is 0 Å². The first kappa shape index (κ1) is 20.0. The Bertz CT molecular complexity index is 1070. The van der Waals surface area contributed by atoms with Crippen molar-refractivity contribution in [2.45, 2.75) is 26.2 Å². The largest absolute Gasteiger partial charge is 0.373 e. The molecule has 0 saturated carbocycles. The van der Waals surface area contributed by atoms with Crippen LogP contribution in [-0.4, -0.2) is 73.7 Å². The van der Waals surface area contributed by atoms with Crippen molar-refractivity contribution >= 4 is 0 Å². The second-order valence-electron chi connectivity index (χ2n) is 8.03. The van der Waals surface area contributed by atoms with Gasteiger partial charge in [0.25, 0.3) is 5.56 Å². The van der Waals surface area contributed by atoms with E-state index in [1.807, 2.05) is 18.3 Å². The van der Waals surface area contributed by atoms with Crippen molar-refractivity contribution in [1.82, 2.24) is 34.3 Å². The number of hydrogen-bond acceptors (Lipinski definition) is 7. The summed E-state index contributed by atoms with van der Waals surface area (Å²) in [6, 6.07) is 7.17. The zero-order valence-electron chi connectivity index (χ0n) is 17.6. The third-order valence-corrected chi connectivity index (χ3v) is 6.03. The van der Waals surface area contributed by atoms with Gasteiger partial charge in [-0.3, -0.25) is 24.3 Å². The first-order valence-electron chi connectivity index (χ1n) is 10.8. The van der Waals surface area contributed by atoms with Crippen LogP contribution in [0.3, 0.4) is 0 Å². The van der Waals surface area contributed by atoms with Crippen LogP contribution >= 0.6 is 0 Å². The summed E-state index contributed by atoms with van der Waals surface area (Å²) in [7, 11) is 0. The van der Waals surface area contributed by atoms with Crippen LogP contribution in [0.1, 0.15) is 11.3 Å². The minimum Gasteiger partial charge on any atom is -0.373 e. The molecule has 0 radical (unpaired) electrons. The number of nitrogens with zero attached hydrogens (tertiary/aromatic N) is 7. The maximum Gasteiger partial charge on any atom is 0.266 e. The van der Waals surface area contributed by atoms with Gasteiger partial charge in [0, 0.05) is 68.9 Å². The highest BCUT2D eigenvalue weighted by atomic mass is 16.5. The van der Waals surface area contributed by atoms with Gasteiger partial charge < -0.3 is 4.74 Å². The number of aromatic nitrogens is 5. The van der Waals surface area contributed by atoms with E-state index in [4.69, 9.17) is 4.74 Å². The van der Waals surface area contributed by atoms with Gasteiger partial charge in [-0.05, 0) is 18.2 Å². The molecule has 0 unspecified atom stereocenters. The van der Waals surface area contributed by atoms with Crippen LogP contribution in [0.2, 0.25) is 0 Å². The predicted octanol–water partition coefficient (Wildman–Crippen LogP) is 0.850. The Labute approximate surface area is 180 Å². The van der Waals surface area contributed by atoms with Crippen molar-refractivity contribution in [1.29, 1.82) is 0 Å². The normalized spacial score (nSPS) is 17.5. The molecule has 0 bridgehead atoms. The molecule has 0 atom stereocenters. The maximum absolute atomic E-state index is 12.3. The minimum absolute atomic E-state index is 0.0699. The highest BCUT2D eigenvalue weighted by Crippen LogP contribution is 2.17. The van der Waals surface area contributed by atoms with Gasteiger partial charge in [0.2, 0.25) is 0 Å². The van der Waals surface area contributed by atoms with Crippen molar-refractivity contribution in [2.75, 3.05) is 39.3 Å². The molecule has 0 amide bonds. The van der Waals surface area contributed by atoms with Crippen LogP contribution in [0.15, 0.2) is 47.7 Å². The summed E-state index contributed by atoms with van der Waals surface area (Å²) in [6.45, 7) is 8.54. The van der Waals surface area contributed by atoms with Crippen molar-refractivity contribution in [3.63, 3.8) is 0 Å². The molecule has 3 aromatic heterocycles. The van der Waals surface area contributed by atoms with Gasteiger partial charge in [0.15, 0.2) is 0 Å². The Hall–Kier alpha value is -2.88. The van der Waals surface area contributed by atoms with Crippen LogP contribution in [0, 0.1) is 0 Å². The van der Waals surface area contributed by atoms with Crippen LogP contribution in [0.25, 0.3) is 11.3 Å². The zero-order valence-corrected chi connectivity index (χ0v) is 17.6. The first-order chi connectivity index (χ1) is 15.3. The smallest absolute Gasteiger partial charge is 0.266 e. The third kappa shape index (κ3) is 4.58. The molecule has 9 nitrogen and oxygen atoms in total. The Morgan fingerprint density at radius 2 is 1.84 bits per heavy atom. The van der Waals surface area contributed by atoms with Crippen molar-refractivity contribution in [3.05, 3.63) is 64.5 Å². The van der Waals surface area contributed by atoms with E-state index in [2.05, 4.69) is 29.7 Å². The summed E-state index contributed by atoms with van der Waals surface area (Å²) in [5.74, 6) is 0. The van der Waals surface area contributed by atoms with Crippen LogP contribution in [0.5, 0.6) is 0 Å². The molecule has 2 aliphatic heterocycles. The highest BCUT2D eigenvalue weighted by Gasteiger charge is 2.21. The second-order valence-corrected chi connectivity index (χ2v) is 8.03. The van der Waals surface area contributed by atoms with E-state index in [1.54, 1.807) is 29.2 Å². The number of ether oxygens (including phenoxy) is 1. The number of piperazine rings is 1. The van der Waals surface area contributed by atoms with Gasteiger partial charge in [-0.15, -0.1) is 0 Å². The Morgan fingerprint density at radius 1 is 0.968 bits per heavy atom. The van der Waals surface area contributed by atoms with Crippen LogP contribution < -0.4 is 5.56 Å². The fraction of sp³-hybridized carbons (Fsp3) is 0.455. The van der Waals surface area contributed by atoms with Gasteiger partial charge in [-0.25, -0.2) is 4.68 Å². The van der Waals surface area contributed by atoms with E-state index in [9.17, 15) is 4.79 Å².